The molecular weight excluding hydrogens is 330 g/mol. The molecule has 1 rings (SSSR count). The van der Waals surface area contributed by atoms with Crippen molar-refractivity contribution < 1.29 is 18.0 Å². The highest BCUT2D eigenvalue weighted by Crippen LogP contribution is 2.16. The Hall–Kier alpha value is -1.93. The van der Waals surface area contributed by atoms with E-state index in [9.17, 15) is 18.0 Å². The van der Waals surface area contributed by atoms with Crippen LogP contribution in [0, 0.1) is 0 Å². The molecule has 0 bridgehead atoms. The first-order chi connectivity index (χ1) is 10.8. The lowest BCUT2D eigenvalue weighted by molar-refractivity contribution is -0.122. The summed E-state index contributed by atoms with van der Waals surface area (Å²) in [5.74, 6) is -0.703. The molecule has 0 aliphatic rings. The van der Waals surface area contributed by atoms with Gasteiger partial charge in [-0.15, -0.1) is 0 Å². The highest BCUT2D eigenvalue weighted by atomic mass is 32.2. The topological polar surface area (TPSA) is 86.8 Å². The van der Waals surface area contributed by atoms with Crippen molar-refractivity contribution in [2.45, 2.75) is 31.2 Å². The molecule has 0 fully saturated rings. The monoisotopic (exact) mass is 355 g/mol. The summed E-state index contributed by atoms with van der Waals surface area (Å²) >= 11 is 0. The molecular formula is C16H25N3O4S. The van der Waals surface area contributed by atoms with Crippen molar-refractivity contribution >= 4 is 21.8 Å². The second-order valence-electron chi connectivity index (χ2n) is 6.77. The van der Waals surface area contributed by atoms with Gasteiger partial charge in [0, 0.05) is 32.2 Å². The summed E-state index contributed by atoms with van der Waals surface area (Å²) in [5.41, 5.74) is -0.176. The van der Waals surface area contributed by atoms with Crippen molar-refractivity contribution in [2.75, 3.05) is 27.7 Å². The zero-order valence-corrected chi connectivity index (χ0v) is 15.8. The number of rotatable bonds is 5. The van der Waals surface area contributed by atoms with Gasteiger partial charge in [0.05, 0.1) is 11.4 Å². The quantitative estimate of drug-likeness (QED) is 0.851. The Morgan fingerprint density at radius 2 is 1.71 bits per heavy atom. The molecule has 7 nitrogen and oxygen atoms in total. The van der Waals surface area contributed by atoms with Crippen LogP contribution < -0.4 is 5.32 Å². The van der Waals surface area contributed by atoms with E-state index in [4.69, 9.17) is 0 Å². The number of nitrogens with zero attached hydrogens (tertiary/aromatic N) is 2. The number of benzene rings is 1. The minimum atomic E-state index is -3.62. The molecule has 0 heterocycles. The van der Waals surface area contributed by atoms with Gasteiger partial charge in [-0.25, -0.2) is 12.7 Å². The fraction of sp³-hybridized carbons (Fsp3) is 0.500. The molecule has 134 valence electrons. The molecule has 1 N–H and O–H groups in total. The largest absolute Gasteiger partial charge is 0.350 e. The van der Waals surface area contributed by atoms with Crippen LogP contribution in [-0.2, 0) is 14.8 Å². The van der Waals surface area contributed by atoms with Gasteiger partial charge in [-0.05, 0) is 39.0 Å². The number of hydrogen-bond acceptors (Lipinski definition) is 4. The summed E-state index contributed by atoms with van der Waals surface area (Å²) in [7, 11) is 0.722. The molecule has 0 saturated heterocycles. The van der Waals surface area contributed by atoms with Gasteiger partial charge < -0.3 is 10.2 Å². The van der Waals surface area contributed by atoms with Crippen LogP contribution >= 0.6 is 0 Å². The van der Waals surface area contributed by atoms with Crippen LogP contribution in [0.1, 0.15) is 31.1 Å². The van der Waals surface area contributed by atoms with Gasteiger partial charge in [-0.2, -0.15) is 0 Å². The van der Waals surface area contributed by atoms with Crippen molar-refractivity contribution in [3.05, 3.63) is 29.8 Å². The maximum atomic E-state index is 12.4. The summed E-state index contributed by atoms with van der Waals surface area (Å²) < 4.78 is 25.4. The minimum absolute atomic E-state index is 0.0332. The van der Waals surface area contributed by atoms with E-state index in [1.54, 1.807) is 0 Å². The lowest BCUT2D eigenvalue weighted by atomic mass is 10.1. The lowest BCUT2D eigenvalue weighted by Gasteiger charge is -2.23. The van der Waals surface area contributed by atoms with Gasteiger partial charge in [0.1, 0.15) is 0 Å². The average Bonchev–Trinajstić information content (AvgIpc) is 2.44. The number of likely N-dealkylation sites (N-methyl/N-ethyl adjacent to an activating group) is 1. The van der Waals surface area contributed by atoms with Crippen LogP contribution in [0.4, 0.5) is 0 Å². The number of carbonyl (C=O) groups is 2. The first-order valence-electron chi connectivity index (χ1n) is 7.43. The molecule has 2 amide bonds. The number of carbonyl (C=O) groups excluding carboxylic acids is 2. The number of hydrogen-bond donors (Lipinski definition) is 1. The Morgan fingerprint density at radius 1 is 1.12 bits per heavy atom. The van der Waals surface area contributed by atoms with E-state index in [2.05, 4.69) is 5.32 Å². The zero-order valence-electron chi connectivity index (χ0n) is 15.0. The van der Waals surface area contributed by atoms with E-state index < -0.39 is 15.9 Å². The lowest BCUT2D eigenvalue weighted by Crippen LogP contribution is -2.46. The van der Waals surface area contributed by atoms with Gasteiger partial charge in [-0.1, -0.05) is 6.07 Å². The average molecular weight is 355 g/mol. The Morgan fingerprint density at radius 3 is 2.21 bits per heavy atom. The van der Waals surface area contributed by atoms with Gasteiger partial charge in [0.2, 0.25) is 15.9 Å². The van der Waals surface area contributed by atoms with Crippen molar-refractivity contribution in [3.8, 4) is 0 Å². The summed E-state index contributed by atoms with van der Waals surface area (Å²) in [5, 5.41) is 2.77. The second kappa shape index (κ2) is 7.31. The molecule has 0 atom stereocenters. The van der Waals surface area contributed by atoms with Crippen LogP contribution in [0.2, 0.25) is 0 Å². The molecule has 0 radical (unpaired) electrons. The maximum absolute atomic E-state index is 12.4. The first kappa shape index (κ1) is 20.1. The zero-order chi connectivity index (χ0) is 18.7. The fourth-order valence-corrected chi connectivity index (χ4v) is 2.91. The van der Waals surface area contributed by atoms with E-state index in [0.29, 0.717) is 0 Å². The summed E-state index contributed by atoms with van der Waals surface area (Å²) in [4.78, 5) is 25.6. The van der Waals surface area contributed by atoms with Crippen molar-refractivity contribution in [3.63, 3.8) is 0 Å². The van der Waals surface area contributed by atoms with E-state index in [1.165, 1.54) is 50.3 Å². The minimum Gasteiger partial charge on any atom is -0.350 e. The van der Waals surface area contributed by atoms with Crippen LogP contribution in [0.3, 0.4) is 0 Å². The predicted octanol–water partition coefficient (Wildman–Crippen LogP) is 0.924. The molecule has 0 aromatic heterocycles. The molecule has 1 aromatic carbocycles. The number of amides is 2. The van der Waals surface area contributed by atoms with Gasteiger partial charge >= 0.3 is 0 Å². The maximum Gasteiger partial charge on any atom is 0.254 e. The molecule has 0 saturated carbocycles. The molecule has 24 heavy (non-hydrogen) atoms. The third kappa shape index (κ3) is 5.31. The van der Waals surface area contributed by atoms with Gasteiger partial charge in [0.25, 0.3) is 5.91 Å². The van der Waals surface area contributed by atoms with Crippen LogP contribution in [0.5, 0.6) is 0 Å². The summed E-state index contributed by atoms with van der Waals surface area (Å²) in [6, 6.07) is 5.77. The van der Waals surface area contributed by atoms with Gasteiger partial charge in [0.15, 0.2) is 0 Å². The Bertz CT molecular complexity index is 721. The third-order valence-electron chi connectivity index (χ3n) is 3.10. The standard InChI is InChI=1S/C16H25N3O4S/c1-16(2,3)17-14(20)11-19(6)15(21)12-8-7-9-13(10-12)24(22,23)18(4)5/h7-10H,11H2,1-6H3,(H,17,20). The van der Waals surface area contributed by atoms with Crippen molar-refractivity contribution in [1.82, 2.24) is 14.5 Å². The second-order valence-corrected chi connectivity index (χ2v) is 8.93. The Labute approximate surface area is 143 Å². The normalized spacial score (nSPS) is 12.1. The van der Waals surface area contributed by atoms with Crippen LogP contribution in [0.15, 0.2) is 29.2 Å². The smallest absolute Gasteiger partial charge is 0.254 e. The molecule has 1 aromatic rings. The predicted molar refractivity (Wildman–Crippen MR) is 92.2 cm³/mol. The molecule has 8 heteroatoms. The highest BCUT2D eigenvalue weighted by molar-refractivity contribution is 7.89. The van der Waals surface area contributed by atoms with Crippen LogP contribution in [-0.4, -0.2) is 62.7 Å². The molecule has 0 aliphatic carbocycles. The van der Waals surface area contributed by atoms with E-state index in [0.717, 1.165) is 4.31 Å². The Kier molecular flexibility index (Phi) is 6.13. The molecule has 0 aliphatic heterocycles. The third-order valence-corrected chi connectivity index (χ3v) is 4.91. The van der Waals surface area contributed by atoms with E-state index >= 15 is 0 Å². The summed E-state index contributed by atoms with van der Waals surface area (Å²) in [6.07, 6.45) is 0. The van der Waals surface area contributed by atoms with Gasteiger partial charge in [-0.3, -0.25) is 9.59 Å². The van der Waals surface area contributed by atoms with Crippen LogP contribution in [0.25, 0.3) is 0 Å². The van der Waals surface area contributed by atoms with E-state index in [1.807, 2.05) is 20.8 Å². The highest BCUT2D eigenvalue weighted by Gasteiger charge is 2.22. The Balaban J connectivity index is 2.94. The fourth-order valence-electron chi connectivity index (χ4n) is 1.97. The van der Waals surface area contributed by atoms with Crippen molar-refractivity contribution in [1.29, 1.82) is 0 Å². The van der Waals surface area contributed by atoms with E-state index in [-0.39, 0.29) is 28.4 Å². The molecule has 0 spiro atoms. The van der Waals surface area contributed by atoms with Crippen molar-refractivity contribution in [2.24, 2.45) is 0 Å². The summed E-state index contributed by atoms with van der Waals surface area (Å²) in [6.45, 7) is 5.44. The number of sulfonamides is 1. The number of nitrogens with one attached hydrogen (secondary N) is 1. The molecule has 0 unspecified atom stereocenters. The SMILES string of the molecule is CN(CC(=O)NC(C)(C)C)C(=O)c1cccc(S(=O)(=O)N(C)C)c1. The first-order valence-corrected chi connectivity index (χ1v) is 8.87.